The number of carbonyl (C=O) groups is 1. The predicted octanol–water partition coefficient (Wildman–Crippen LogP) is 4.10. The van der Waals surface area contributed by atoms with Crippen LogP contribution in [0.4, 0.5) is 10.5 Å². The summed E-state index contributed by atoms with van der Waals surface area (Å²) in [5.74, 6) is 0. The summed E-state index contributed by atoms with van der Waals surface area (Å²) in [5.41, 5.74) is 0.689. The Morgan fingerprint density at radius 2 is 2.10 bits per heavy atom. The van der Waals surface area contributed by atoms with Gasteiger partial charge in [-0.1, -0.05) is 18.0 Å². The lowest BCUT2D eigenvalue weighted by atomic mass is 9.64. The van der Waals surface area contributed by atoms with Crippen LogP contribution in [0.5, 0.6) is 0 Å². The molecule has 4 nitrogen and oxygen atoms in total. The number of rotatable bonds is 3. The molecule has 0 aliphatic heterocycles. The number of nitrogens with one attached hydrogen (secondary N) is 1. The van der Waals surface area contributed by atoms with E-state index in [1.54, 1.807) is 12.1 Å². The van der Waals surface area contributed by atoms with Crippen molar-refractivity contribution >= 4 is 23.4 Å². The van der Waals surface area contributed by atoms with Gasteiger partial charge in [0.05, 0.1) is 6.61 Å². The molecule has 1 aliphatic carbocycles. The van der Waals surface area contributed by atoms with Crippen molar-refractivity contribution in [3.8, 4) is 0 Å². The molecule has 0 heterocycles. The van der Waals surface area contributed by atoms with Gasteiger partial charge in [0.25, 0.3) is 0 Å². The summed E-state index contributed by atoms with van der Waals surface area (Å²) in [6, 6.07) is 5.31. The standard InChI is InChI=1S/C16H22ClNO3/c1-15(2,3)21-14(20)18-13-6-5-11(17)9-12(13)16(10-19)7-4-8-16/h5-6,9,19H,4,7-8,10H2,1-3H3,(H,18,20). The number of hydrogen-bond donors (Lipinski definition) is 2. The zero-order valence-electron chi connectivity index (χ0n) is 12.7. The predicted molar refractivity (Wildman–Crippen MR) is 83.9 cm³/mol. The third-order valence-corrected chi connectivity index (χ3v) is 4.04. The summed E-state index contributed by atoms with van der Waals surface area (Å²) in [4.78, 5) is 12.0. The minimum Gasteiger partial charge on any atom is -0.444 e. The summed E-state index contributed by atoms with van der Waals surface area (Å²) in [7, 11) is 0. The molecule has 2 N–H and O–H groups in total. The third kappa shape index (κ3) is 3.69. The van der Waals surface area contributed by atoms with Crippen molar-refractivity contribution in [2.75, 3.05) is 11.9 Å². The molecule has 0 spiro atoms. The molecule has 0 radical (unpaired) electrons. The quantitative estimate of drug-likeness (QED) is 0.883. The van der Waals surface area contributed by atoms with Crippen LogP contribution in [0.15, 0.2) is 18.2 Å². The van der Waals surface area contributed by atoms with E-state index >= 15 is 0 Å². The SMILES string of the molecule is CC(C)(C)OC(=O)Nc1ccc(Cl)cc1C1(CO)CCC1. The smallest absolute Gasteiger partial charge is 0.412 e. The summed E-state index contributed by atoms with van der Waals surface area (Å²) in [6.45, 7) is 5.50. The maximum absolute atomic E-state index is 12.0. The Morgan fingerprint density at radius 1 is 1.43 bits per heavy atom. The fourth-order valence-corrected chi connectivity index (χ4v) is 2.77. The Morgan fingerprint density at radius 3 is 2.57 bits per heavy atom. The van der Waals surface area contributed by atoms with E-state index in [1.165, 1.54) is 0 Å². The van der Waals surface area contributed by atoms with E-state index in [2.05, 4.69) is 5.32 Å². The largest absolute Gasteiger partial charge is 0.444 e. The highest BCUT2D eigenvalue weighted by molar-refractivity contribution is 6.30. The zero-order valence-corrected chi connectivity index (χ0v) is 13.5. The average Bonchev–Trinajstić information content (AvgIpc) is 2.29. The van der Waals surface area contributed by atoms with Gasteiger partial charge in [0.1, 0.15) is 5.60 Å². The summed E-state index contributed by atoms with van der Waals surface area (Å²) in [5, 5.41) is 13.1. The molecule has 0 bridgehead atoms. The second-order valence-corrected chi connectivity index (χ2v) is 7.05. The fraction of sp³-hybridized carbons (Fsp3) is 0.562. The van der Waals surface area contributed by atoms with Crippen LogP contribution in [0.2, 0.25) is 5.02 Å². The van der Waals surface area contributed by atoms with Crippen molar-refractivity contribution < 1.29 is 14.6 Å². The van der Waals surface area contributed by atoms with Crippen molar-refractivity contribution in [2.45, 2.75) is 51.0 Å². The van der Waals surface area contributed by atoms with E-state index in [4.69, 9.17) is 16.3 Å². The maximum Gasteiger partial charge on any atom is 0.412 e. The topological polar surface area (TPSA) is 58.6 Å². The lowest BCUT2D eigenvalue weighted by Crippen LogP contribution is -2.39. The van der Waals surface area contributed by atoms with Gasteiger partial charge in [-0.3, -0.25) is 5.32 Å². The van der Waals surface area contributed by atoms with Gasteiger partial charge in [0, 0.05) is 16.1 Å². The number of aliphatic hydroxyl groups excluding tert-OH is 1. The average molecular weight is 312 g/mol. The summed E-state index contributed by atoms with van der Waals surface area (Å²) < 4.78 is 5.28. The van der Waals surface area contributed by atoms with Gasteiger partial charge in [0.15, 0.2) is 0 Å². The molecule has 0 saturated heterocycles. The number of ether oxygens (including phenoxy) is 1. The second-order valence-electron chi connectivity index (χ2n) is 6.61. The number of aliphatic hydroxyl groups is 1. The van der Waals surface area contributed by atoms with Crippen LogP contribution < -0.4 is 5.32 Å². The molecule has 0 unspecified atom stereocenters. The zero-order chi connectivity index (χ0) is 15.7. The number of anilines is 1. The van der Waals surface area contributed by atoms with Gasteiger partial charge in [-0.2, -0.15) is 0 Å². The lowest BCUT2D eigenvalue weighted by molar-refractivity contribution is 0.0634. The van der Waals surface area contributed by atoms with Gasteiger partial charge < -0.3 is 9.84 Å². The highest BCUT2D eigenvalue weighted by Gasteiger charge is 2.40. The molecule has 2 rings (SSSR count). The van der Waals surface area contributed by atoms with Crippen LogP contribution in [0.25, 0.3) is 0 Å². The molecule has 1 saturated carbocycles. The number of carbonyl (C=O) groups excluding carboxylic acids is 1. The van der Waals surface area contributed by atoms with Gasteiger partial charge >= 0.3 is 6.09 Å². The molecule has 21 heavy (non-hydrogen) atoms. The minimum atomic E-state index is -0.554. The van der Waals surface area contributed by atoms with E-state index in [-0.39, 0.29) is 12.0 Å². The van der Waals surface area contributed by atoms with Crippen LogP contribution in [-0.2, 0) is 10.2 Å². The van der Waals surface area contributed by atoms with Crippen molar-refractivity contribution in [3.63, 3.8) is 0 Å². The Kier molecular flexibility index (Phi) is 4.49. The molecule has 5 heteroatoms. The normalized spacial score (nSPS) is 17.0. The van der Waals surface area contributed by atoms with Crippen LogP contribution in [0, 0.1) is 0 Å². The van der Waals surface area contributed by atoms with Crippen LogP contribution >= 0.6 is 11.6 Å². The molecule has 1 amide bonds. The van der Waals surface area contributed by atoms with E-state index in [0.29, 0.717) is 10.7 Å². The minimum absolute atomic E-state index is 0.0519. The van der Waals surface area contributed by atoms with Crippen LogP contribution in [-0.4, -0.2) is 23.4 Å². The molecule has 1 aromatic carbocycles. The first-order chi connectivity index (χ1) is 9.76. The van der Waals surface area contributed by atoms with Gasteiger partial charge in [0.2, 0.25) is 0 Å². The van der Waals surface area contributed by atoms with Gasteiger partial charge in [-0.15, -0.1) is 0 Å². The molecular formula is C16H22ClNO3. The monoisotopic (exact) mass is 311 g/mol. The summed E-state index contributed by atoms with van der Waals surface area (Å²) in [6.07, 6.45) is 2.36. The van der Waals surface area contributed by atoms with Crippen molar-refractivity contribution in [3.05, 3.63) is 28.8 Å². The Labute approximate surface area is 130 Å². The van der Waals surface area contributed by atoms with Gasteiger partial charge in [-0.05, 0) is 57.4 Å². The fourth-order valence-electron chi connectivity index (χ4n) is 2.59. The molecule has 0 atom stereocenters. The first kappa shape index (κ1) is 16.1. The van der Waals surface area contributed by atoms with E-state index in [1.807, 2.05) is 26.8 Å². The lowest BCUT2D eigenvalue weighted by Gasteiger charge is -2.42. The Balaban J connectivity index is 2.26. The van der Waals surface area contributed by atoms with Crippen molar-refractivity contribution in [1.82, 2.24) is 0 Å². The third-order valence-electron chi connectivity index (χ3n) is 3.80. The number of benzene rings is 1. The maximum atomic E-state index is 12.0. The molecule has 0 aromatic heterocycles. The van der Waals surface area contributed by atoms with E-state index in [9.17, 15) is 9.90 Å². The number of amides is 1. The van der Waals surface area contributed by atoms with E-state index < -0.39 is 11.7 Å². The molecule has 1 aliphatic rings. The van der Waals surface area contributed by atoms with Crippen LogP contribution in [0.1, 0.15) is 45.6 Å². The Bertz CT molecular complexity index is 527. The van der Waals surface area contributed by atoms with Crippen molar-refractivity contribution in [2.24, 2.45) is 0 Å². The highest BCUT2D eigenvalue weighted by Crippen LogP contribution is 2.46. The number of halogens is 1. The molecule has 116 valence electrons. The molecule has 1 aromatic rings. The van der Waals surface area contributed by atoms with E-state index in [0.717, 1.165) is 24.8 Å². The second kappa shape index (κ2) is 5.85. The van der Waals surface area contributed by atoms with Crippen molar-refractivity contribution in [1.29, 1.82) is 0 Å². The first-order valence-electron chi connectivity index (χ1n) is 7.17. The number of hydrogen-bond acceptors (Lipinski definition) is 3. The molecular weight excluding hydrogens is 290 g/mol. The molecule has 1 fully saturated rings. The highest BCUT2D eigenvalue weighted by atomic mass is 35.5. The van der Waals surface area contributed by atoms with Gasteiger partial charge in [-0.25, -0.2) is 4.79 Å². The van der Waals surface area contributed by atoms with Crippen LogP contribution in [0.3, 0.4) is 0 Å². The Hall–Kier alpha value is -1.26. The summed E-state index contributed by atoms with van der Waals surface area (Å²) >= 11 is 6.08. The first-order valence-corrected chi connectivity index (χ1v) is 7.54.